The first-order valence-corrected chi connectivity index (χ1v) is 11.3. The Morgan fingerprint density at radius 3 is 2.08 bits per heavy atom. The molecular formula is C26H25NO10. The third-order valence-electron chi connectivity index (χ3n) is 7.50. The summed E-state index contributed by atoms with van der Waals surface area (Å²) >= 11 is 0. The summed E-state index contributed by atoms with van der Waals surface area (Å²) < 4.78 is 6.42. The minimum atomic E-state index is -1.53. The van der Waals surface area contributed by atoms with Gasteiger partial charge in [-0.05, 0) is 43.2 Å². The molecule has 4 rings (SSSR count). The number of benzene rings is 2. The molecule has 2 aromatic rings. The number of allylic oxidation sites excluding steroid dienone is 1. The smallest absolute Gasteiger partial charge is 0.336 e. The van der Waals surface area contributed by atoms with Gasteiger partial charge in [0, 0.05) is 22.8 Å². The molecule has 1 fully saturated rings. The number of hydrogen-bond acceptors (Lipinski definition) is 10. The Bertz CT molecular complexity index is 1400. The summed E-state index contributed by atoms with van der Waals surface area (Å²) in [5.41, 5.74) is -3.36. The lowest BCUT2D eigenvalue weighted by molar-refractivity contribution is -0.175. The van der Waals surface area contributed by atoms with E-state index >= 15 is 0 Å². The number of carbonyl (C=O) groups excluding carboxylic acids is 1. The summed E-state index contributed by atoms with van der Waals surface area (Å²) in [6.45, 7) is 4.88. The summed E-state index contributed by atoms with van der Waals surface area (Å²) in [4.78, 5) is 25.2. The van der Waals surface area contributed by atoms with Gasteiger partial charge in [0.15, 0.2) is 34.5 Å². The van der Waals surface area contributed by atoms with Gasteiger partial charge in [-0.1, -0.05) is 13.8 Å². The van der Waals surface area contributed by atoms with Crippen molar-refractivity contribution in [2.45, 2.75) is 44.8 Å². The number of ketones is 1. The van der Waals surface area contributed by atoms with E-state index in [1.807, 2.05) is 6.07 Å². The first-order chi connectivity index (χ1) is 17.1. The molecule has 0 saturated carbocycles. The van der Waals surface area contributed by atoms with Gasteiger partial charge in [-0.3, -0.25) is 4.79 Å². The predicted molar refractivity (Wildman–Crippen MR) is 125 cm³/mol. The number of carboxylic acids is 1. The van der Waals surface area contributed by atoms with E-state index in [-0.39, 0.29) is 23.1 Å². The van der Waals surface area contributed by atoms with Crippen LogP contribution in [0.25, 0.3) is 0 Å². The fourth-order valence-corrected chi connectivity index (χ4v) is 5.71. The van der Waals surface area contributed by atoms with Gasteiger partial charge in [-0.2, -0.15) is 5.26 Å². The monoisotopic (exact) mass is 511 g/mol. The Morgan fingerprint density at radius 2 is 1.54 bits per heavy atom. The van der Waals surface area contributed by atoms with Crippen LogP contribution < -0.4 is 0 Å². The summed E-state index contributed by atoms with van der Waals surface area (Å²) in [5, 5.41) is 80.6. The molecule has 1 aliphatic carbocycles. The van der Waals surface area contributed by atoms with Gasteiger partial charge in [0.1, 0.15) is 6.07 Å². The van der Waals surface area contributed by atoms with E-state index in [2.05, 4.69) is 0 Å². The highest BCUT2D eigenvalue weighted by atomic mass is 16.5. The molecule has 37 heavy (non-hydrogen) atoms. The van der Waals surface area contributed by atoms with Crippen molar-refractivity contribution in [2.75, 3.05) is 0 Å². The van der Waals surface area contributed by atoms with Gasteiger partial charge in [-0.15, -0.1) is 0 Å². The lowest BCUT2D eigenvalue weighted by Crippen LogP contribution is -2.55. The van der Waals surface area contributed by atoms with Crippen LogP contribution in [0.3, 0.4) is 0 Å². The molecule has 1 saturated heterocycles. The van der Waals surface area contributed by atoms with Crippen LogP contribution in [0.2, 0.25) is 0 Å². The number of aromatic carboxylic acids is 1. The van der Waals surface area contributed by atoms with Gasteiger partial charge in [0.2, 0.25) is 5.75 Å². The Labute approximate surface area is 210 Å². The van der Waals surface area contributed by atoms with E-state index < -0.39 is 80.8 Å². The molecule has 1 aliphatic heterocycles. The second kappa shape index (κ2) is 8.31. The Kier molecular flexibility index (Phi) is 5.77. The number of Topliss-reactive ketones (excluding diaryl/α,β-unsaturated/α-hetero) is 1. The summed E-state index contributed by atoms with van der Waals surface area (Å²) in [7, 11) is 0. The number of aromatic hydroxyl groups is 6. The Hall–Kier alpha value is -4.43. The number of nitrogens with zero attached hydrogens (tertiary/aromatic N) is 1. The molecule has 4 unspecified atom stereocenters. The topological polar surface area (TPSA) is 209 Å². The molecule has 2 aliphatic rings. The highest BCUT2D eigenvalue weighted by Gasteiger charge is 2.58. The summed E-state index contributed by atoms with van der Waals surface area (Å²) in [5.74, 6) is -8.70. The zero-order valence-corrected chi connectivity index (χ0v) is 20.1. The first kappa shape index (κ1) is 25.7. The van der Waals surface area contributed by atoms with Crippen LogP contribution >= 0.6 is 0 Å². The molecule has 11 nitrogen and oxygen atoms in total. The average molecular weight is 511 g/mol. The van der Waals surface area contributed by atoms with E-state index in [1.54, 1.807) is 20.8 Å². The molecule has 194 valence electrons. The van der Waals surface area contributed by atoms with E-state index in [0.29, 0.717) is 0 Å². The molecule has 0 bridgehead atoms. The normalized spacial score (nSPS) is 26.6. The van der Waals surface area contributed by atoms with E-state index in [9.17, 15) is 50.6 Å². The SMILES string of the molecule is CC12C=C(C#N)C(=O)C(C)(C)C1CC(c1c(C(=O)O)cc(O)c(O)c1O)C(c1cc(O)c(O)c(O)c1)O2. The van der Waals surface area contributed by atoms with Crippen LogP contribution in [-0.4, -0.2) is 53.1 Å². The molecule has 0 aromatic heterocycles. The van der Waals surface area contributed by atoms with Crippen molar-refractivity contribution in [3.8, 4) is 40.6 Å². The maximum absolute atomic E-state index is 13.1. The zero-order valence-electron chi connectivity index (χ0n) is 20.1. The minimum absolute atomic E-state index is 0.0183. The number of ether oxygens (including phenoxy) is 1. The van der Waals surface area contributed by atoms with Crippen LogP contribution in [0.15, 0.2) is 29.8 Å². The quantitative estimate of drug-likeness (QED) is 0.297. The number of rotatable bonds is 3. The van der Waals surface area contributed by atoms with Gasteiger partial charge >= 0.3 is 5.97 Å². The van der Waals surface area contributed by atoms with Crippen LogP contribution in [0, 0.1) is 22.7 Å². The maximum atomic E-state index is 13.1. The Balaban J connectivity index is 2.03. The third-order valence-corrected chi connectivity index (χ3v) is 7.50. The largest absolute Gasteiger partial charge is 0.504 e. The fourth-order valence-electron chi connectivity index (χ4n) is 5.71. The van der Waals surface area contributed by atoms with Crippen molar-refractivity contribution in [1.29, 1.82) is 5.26 Å². The van der Waals surface area contributed by atoms with Crippen LogP contribution in [0.5, 0.6) is 34.5 Å². The third kappa shape index (κ3) is 3.77. The number of carboxylic acid groups (broad SMARTS) is 1. The van der Waals surface area contributed by atoms with E-state index in [1.165, 1.54) is 6.08 Å². The van der Waals surface area contributed by atoms with Crippen LogP contribution in [0.4, 0.5) is 0 Å². The molecule has 7 N–H and O–H groups in total. The maximum Gasteiger partial charge on any atom is 0.336 e. The average Bonchev–Trinajstić information content (AvgIpc) is 2.82. The number of fused-ring (bicyclic) bond motifs is 1. The van der Waals surface area contributed by atoms with Crippen LogP contribution in [-0.2, 0) is 9.53 Å². The molecule has 2 aromatic carbocycles. The van der Waals surface area contributed by atoms with Crippen molar-refractivity contribution in [3.05, 3.63) is 46.5 Å². The number of phenols is 6. The Morgan fingerprint density at radius 1 is 0.973 bits per heavy atom. The molecule has 11 heteroatoms. The van der Waals surface area contributed by atoms with Crippen molar-refractivity contribution in [1.82, 2.24) is 0 Å². The number of carbonyl (C=O) groups is 2. The highest BCUT2D eigenvalue weighted by Crippen LogP contribution is 2.60. The second-order valence-corrected chi connectivity index (χ2v) is 10.1. The highest BCUT2D eigenvalue weighted by molar-refractivity contribution is 6.04. The van der Waals surface area contributed by atoms with Gasteiger partial charge in [-0.25, -0.2) is 4.79 Å². The number of phenolic OH excluding ortho intramolecular Hbond substituents is 6. The van der Waals surface area contributed by atoms with Gasteiger partial charge in [0.05, 0.1) is 22.8 Å². The minimum Gasteiger partial charge on any atom is -0.504 e. The van der Waals surface area contributed by atoms with E-state index in [4.69, 9.17) is 4.74 Å². The predicted octanol–water partition coefficient (Wildman–Crippen LogP) is 3.30. The summed E-state index contributed by atoms with van der Waals surface area (Å²) in [6, 6.07) is 4.82. The fraction of sp³-hybridized carbons (Fsp3) is 0.346. The van der Waals surface area contributed by atoms with Crippen molar-refractivity contribution < 1.29 is 50.1 Å². The lowest BCUT2D eigenvalue weighted by Gasteiger charge is -2.54. The van der Waals surface area contributed by atoms with Crippen molar-refractivity contribution in [2.24, 2.45) is 11.3 Å². The standard InChI is InChI=1S/C26H25NO10/c1-25(2)17-7-12(18-13(24(35)36)6-16(30)20(32)21(18)33)22(10-4-14(28)19(31)15(29)5-10)37-26(17,3)8-11(9-27)23(25)34/h4-6,8,12,17,22,28-33H,7H2,1-3H3,(H,35,36). The molecule has 1 heterocycles. The zero-order chi connectivity index (χ0) is 27.6. The number of nitriles is 1. The van der Waals surface area contributed by atoms with Gasteiger partial charge < -0.3 is 40.5 Å². The lowest BCUT2D eigenvalue weighted by atomic mass is 9.57. The first-order valence-electron chi connectivity index (χ1n) is 11.3. The summed E-state index contributed by atoms with van der Waals surface area (Å²) in [6.07, 6.45) is 0.128. The number of hydrogen-bond donors (Lipinski definition) is 7. The molecule has 0 amide bonds. The van der Waals surface area contributed by atoms with E-state index in [0.717, 1.165) is 18.2 Å². The van der Waals surface area contributed by atoms with Crippen molar-refractivity contribution >= 4 is 11.8 Å². The second-order valence-electron chi connectivity index (χ2n) is 10.1. The molecule has 0 spiro atoms. The van der Waals surface area contributed by atoms with Gasteiger partial charge in [0.25, 0.3) is 0 Å². The molecule has 4 atom stereocenters. The molecule has 0 radical (unpaired) electrons. The van der Waals surface area contributed by atoms with Crippen LogP contribution in [0.1, 0.15) is 60.7 Å². The molecular weight excluding hydrogens is 486 g/mol. The van der Waals surface area contributed by atoms with Crippen molar-refractivity contribution in [3.63, 3.8) is 0 Å².